The number of hydrogen-bond donors (Lipinski definition) is 1. The second-order valence-electron chi connectivity index (χ2n) is 11.2. The maximum atomic E-state index is 6.91. The molecule has 0 unspecified atom stereocenters. The van der Waals surface area contributed by atoms with Crippen LogP contribution in [-0.2, 0) is 0 Å². The molecular weight excluding hydrogens is 562 g/mol. The van der Waals surface area contributed by atoms with Crippen LogP contribution in [0.5, 0.6) is 11.5 Å². The highest BCUT2D eigenvalue weighted by atomic mass is 16.5. The Morgan fingerprint density at radius 3 is 1.74 bits per heavy atom. The summed E-state index contributed by atoms with van der Waals surface area (Å²) in [6.07, 6.45) is 0. The van der Waals surface area contributed by atoms with Gasteiger partial charge in [0.2, 0.25) is 0 Å². The monoisotopic (exact) mass is 593 g/mol. The first-order valence-corrected chi connectivity index (χ1v) is 15.4. The third-order valence-electron chi connectivity index (χ3n) is 8.14. The molecule has 1 heterocycles. The van der Waals surface area contributed by atoms with Crippen molar-refractivity contribution in [2.24, 2.45) is 0 Å². The quantitative estimate of drug-likeness (QED) is 0.190. The number of nitrogens with one attached hydrogen (secondary N) is 1. The van der Waals surface area contributed by atoms with Gasteiger partial charge < -0.3 is 19.5 Å². The van der Waals surface area contributed by atoms with Gasteiger partial charge in [-0.15, -0.1) is 0 Å². The number of ether oxygens (including phenoxy) is 1. The van der Waals surface area contributed by atoms with Crippen molar-refractivity contribution >= 4 is 50.2 Å². The lowest BCUT2D eigenvalue weighted by Gasteiger charge is -2.26. The number of benzene rings is 7. The summed E-state index contributed by atoms with van der Waals surface area (Å²) in [5.41, 5.74) is 8.38. The molecule has 0 atom stereocenters. The van der Waals surface area contributed by atoms with Gasteiger partial charge in [0, 0.05) is 46.0 Å². The summed E-state index contributed by atoms with van der Waals surface area (Å²) in [6, 6.07) is 62.8. The standard InChI is InChI=1S/C42H31N3O/c1-5-16-31(17-6-1)43-32-28-36(44(33-18-7-2-8-19-33)34-20-9-3-10-21-34)30-37(29-32)46-41-27-15-26-40-42(41)38-24-13-14-25-39(38)45(40)35-22-11-4-12-23-35/h1-30,43H. The Morgan fingerprint density at radius 1 is 0.457 bits per heavy atom. The molecule has 0 saturated carbocycles. The Hall–Kier alpha value is -6.26. The van der Waals surface area contributed by atoms with E-state index >= 15 is 0 Å². The van der Waals surface area contributed by atoms with Crippen molar-refractivity contribution in [2.45, 2.75) is 0 Å². The highest BCUT2D eigenvalue weighted by Gasteiger charge is 2.18. The van der Waals surface area contributed by atoms with Gasteiger partial charge >= 0.3 is 0 Å². The van der Waals surface area contributed by atoms with E-state index in [-0.39, 0.29) is 0 Å². The molecule has 0 aliphatic heterocycles. The molecule has 0 fully saturated rings. The van der Waals surface area contributed by atoms with Crippen molar-refractivity contribution in [3.63, 3.8) is 0 Å². The molecule has 0 bridgehead atoms. The zero-order valence-electron chi connectivity index (χ0n) is 25.1. The first-order chi connectivity index (χ1) is 22.8. The molecule has 8 aromatic rings. The maximum absolute atomic E-state index is 6.91. The first-order valence-electron chi connectivity index (χ1n) is 15.4. The molecule has 0 aliphatic carbocycles. The fourth-order valence-electron chi connectivity index (χ4n) is 6.19. The van der Waals surface area contributed by atoms with Crippen LogP contribution in [0.1, 0.15) is 0 Å². The van der Waals surface area contributed by atoms with E-state index in [2.05, 4.69) is 160 Å². The Labute approximate surface area is 268 Å². The van der Waals surface area contributed by atoms with Gasteiger partial charge in [0.05, 0.1) is 22.1 Å². The third kappa shape index (κ3) is 5.23. The molecule has 46 heavy (non-hydrogen) atoms. The van der Waals surface area contributed by atoms with Gasteiger partial charge in [-0.1, -0.05) is 97.1 Å². The van der Waals surface area contributed by atoms with E-state index in [1.165, 1.54) is 0 Å². The number of nitrogens with zero attached hydrogens (tertiary/aromatic N) is 2. The van der Waals surface area contributed by atoms with Gasteiger partial charge in [0.15, 0.2) is 0 Å². The molecule has 4 heteroatoms. The highest BCUT2D eigenvalue weighted by Crippen LogP contribution is 2.42. The Kier molecular flexibility index (Phi) is 7.14. The Bertz CT molecular complexity index is 2210. The molecule has 0 amide bonds. The van der Waals surface area contributed by atoms with Crippen LogP contribution in [0.15, 0.2) is 182 Å². The smallest absolute Gasteiger partial charge is 0.137 e. The van der Waals surface area contributed by atoms with E-state index < -0.39 is 0 Å². The van der Waals surface area contributed by atoms with E-state index in [1.54, 1.807) is 0 Å². The average molecular weight is 594 g/mol. The normalized spacial score (nSPS) is 11.0. The topological polar surface area (TPSA) is 29.4 Å². The third-order valence-corrected chi connectivity index (χ3v) is 8.14. The second kappa shape index (κ2) is 12.0. The van der Waals surface area contributed by atoms with Crippen molar-refractivity contribution in [2.75, 3.05) is 10.2 Å². The summed E-state index contributed by atoms with van der Waals surface area (Å²) in [5.74, 6) is 1.54. The fourth-order valence-corrected chi connectivity index (χ4v) is 6.19. The predicted octanol–water partition coefficient (Wildman–Crippen LogP) is 11.8. The van der Waals surface area contributed by atoms with Crippen LogP contribution in [0.4, 0.5) is 28.4 Å². The van der Waals surface area contributed by atoms with Crippen molar-refractivity contribution in [1.82, 2.24) is 4.57 Å². The lowest BCUT2D eigenvalue weighted by molar-refractivity contribution is 0.489. The molecule has 0 aliphatic rings. The molecule has 8 rings (SSSR count). The molecule has 1 aromatic heterocycles. The zero-order chi connectivity index (χ0) is 30.7. The van der Waals surface area contributed by atoms with E-state index in [0.717, 1.165) is 67.4 Å². The van der Waals surface area contributed by atoms with Crippen molar-refractivity contribution < 1.29 is 4.74 Å². The van der Waals surface area contributed by atoms with Gasteiger partial charge in [-0.2, -0.15) is 0 Å². The SMILES string of the molecule is c1ccc(Nc2cc(Oc3cccc4c3c3ccccc3n4-c3ccccc3)cc(N(c3ccccc3)c3ccccc3)c2)cc1. The molecule has 0 radical (unpaired) electrons. The summed E-state index contributed by atoms with van der Waals surface area (Å²) in [7, 11) is 0. The van der Waals surface area contributed by atoms with Crippen LogP contribution in [0.3, 0.4) is 0 Å². The minimum atomic E-state index is 0.733. The predicted molar refractivity (Wildman–Crippen MR) is 192 cm³/mol. The van der Waals surface area contributed by atoms with Crippen LogP contribution in [0.25, 0.3) is 27.5 Å². The highest BCUT2D eigenvalue weighted by molar-refractivity contribution is 6.12. The summed E-state index contributed by atoms with van der Waals surface area (Å²) >= 11 is 0. The minimum Gasteiger partial charge on any atom is -0.456 e. The molecule has 1 N–H and O–H groups in total. The number of anilines is 5. The maximum Gasteiger partial charge on any atom is 0.137 e. The van der Waals surface area contributed by atoms with Gasteiger partial charge in [-0.25, -0.2) is 0 Å². The number of aromatic nitrogens is 1. The largest absolute Gasteiger partial charge is 0.456 e. The van der Waals surface area contributed by atoms with Crippen LogP contribution in [0.2, 0.25) is 0 Å². The lowest BCUT2D eigenvalue weighted by atomic mass is 10.1. The molecule has 4 nitrogen and oxygen atoms in total. The number of para-hydroxylation sites is 5. The lowest BCUT2D eigenvalue weighted by Crippen LogP contribution is -2.10. The van der Waals surface area contributed by atoms with E-state index in [1.807, 2.05) is 36.4 Å². The van der Waals surface area contributed by atoms with E-state index in [4.69, 9.17) is 4.74 Å². The molecule has 0 spiro atoms. The van der Waals surface area contributed by atoms with Gasteiger partial charge in [0.1, 0.15) is 11.5 Å². The minimum absolute atomic E-state index is 0.733. The van der Waals surface area contributed by atoms with Crippen LogP contribution in [0, 0.1) is 0 Å². The van der Waals surface area contributed by atoms with Crippen LogP contribution < -0.4 is 15.0 Å². The summed E-state index contributed by atoms with van der Waals surface area (Å²) in [6.45, 7) is 0. The molecule has 220 valence electrons. The van der Waals surface area contributed by atoms with Crippen molar-refractivity contribution in [3.8, 4) is 17.2 Å². The summed E-state index contributed by atoms with van der Waals surface area (Å²) in [4.78, 5) is 2.25. The van der Waals surface area contributed by atoms with Crippen molar-refractivity contribution in [1.29, 1.82) is 0 Å². The van der Waals surface area contributed by atoms with Gasteiger partial charge in [-0.05, 0) is 72.8 Å². The summed E-state index contributed by atoms with van der Waals surface area (Å²) in [5, 5.41) is 5.83. The fraction of sp³-hybridized carbons (Fsp3) is 0. The molecule has 7 aromatic carbocycles. The van der Waals surface area contributed by atoms with Crippen molar-refractivity contribution in [3.05, 3.63) is 182 Å². The number of rotatable bonds is 8. The number of fused-ring (bicyclic) bond motifs is 3. The Balaban J connectivity index is 1.30. The molecule has 0 saturated heterocycles. The first kappa shape index (κ1) is 27.3. The Morgan fingerprint density at radius 2 is 1.04 bits per heavy atom. The zero-order valence-corrected chi connectivity index (χ0v) is 25.1. The van der Waals surface area contributed by atoms with Crippen LogP contribution in [-0.4, -0.2) is 4.57 Å². The summed E-state index contributed by atoms with van der Waals surface area (Å²) < 4.78 is 9.22. The average Bonchev–Trinajstić information content (AvgIpc) is 3.45. The second-order valence-corrected chi connectivity index (χ2v) is 11.2. The molecular formula is C42H31N3O. The van der Waals surface area contributed by atoms with E-state index in [9.17, 15) is 0 Å². The van der Waals surface area contributed by atoms with Gasteiger partial charge in [0.25, 0.3) is 0 Å². The van der Waals surface area contributed by atoms with Gasteiger partial charge in [-0.3, -0.25) is 0 Å². The van der Waals surface area contributed by atoms with Crippen LogP contribution >= 0.6 is 0 Å². The van der Waals surface area contributed by atoms with E-state index in [0.29, 0.717) is 0 Å². The number of hydrogen-bond acceptors (Lipinski definition) is 3.